The van der Waals surface area contributed by atoms with Gasteiger partial charge in [0.25, 0.3) is 0 Å². The van der Waals surface area contributed by atoms with Crippen LogP contribution >= 0.6 is 0 Å². The average molecular weight is 174 g/mol. The quantitative estimate of drug-likeness (QED) is 0.279. The Morgan fingerprint density at radius 1 is 1.33 bits per heavy atom. The van der Waals surface area contributed by atoms with Gasteiger partial charge in [0.15, 0.2) is 0 Å². The van der Waals surface area contributed by atoms with Crippen LogP contribution in [0.4, 0.5) is 0 Å². The van der Waals surface area contributed by atoms with Crippen molar-refractivity contribution in [3.63, 3.8) is 0 Å². The number of ether oxygens (including phenoxy) is 1. The zero-order valence-corrected chi connectivity index (χ0v) is 7.88. The van der Waals surface area contributed by atoms with Gasteiger partial charge in [-0.3, -0.25) is 0 Å². The lowest BCUT2D eigenvalue weighted by atomic mass is 10.1. The lowest BCUT2D eigenvalue weighted by Crippen LogP contribution is -1.89. The van der Waals surface area contributed by atoms with E-state index in [1.54, 1.807) is 6.08 Å². The molecule has 0 aromatic heterocycles. The molecular formula is C9H18O3. The summed E-state index contributed by atoms with van der Waals surface area (Å²) >= 11 is 0. The molecule has 1 N–H and O–H groups in total. The number of unbranched alkanes of at least 4 members (excludes halogenated alkanes) is 4. The summed E-state index contributed by atoms with van der Waals surface area (Å²) in [5, 5.41) is 8.24. The van der Waals surface area contributed by atoms with Crippen molar-refractivity contribution in [1.29, 1.82) is 0 Å². The fourth-order valence-corrected chi connectivity index (χ4v) is 0.949. The van der Waals surface area contributed by atoms with Gasteiger partial charge in [-0.1, -0.05) is 26.2 Å². The maximum atomic E-state index is 8.24. The second kappa shape index (κ2) is 8.40. The Morgan fingerprint density at radius 3 is 2.58 bits per heavy atom. The molecule has 0 aliphatic carbocycles. The molecule has 0 aliphatic rings. The van der Waals surface area contributed by atoms with E-state index in [-0.39, 0.29) is 5.95 Å². The lowest BCUT2D eigenvalue weighted by Gasteiger charge is -2.00. The van der Waals surface area contributed by atoms with E-state index >= 15 is 0 Å². The molecule has 3 nitrogen and oxygen atoms in total. The van der Waals surface area contributed by atoms with Crippen LogP contribution in [-0.2, 0) is 9.62 Å². The van der Waals surface area contributed by atoms with Crippen LogP contribution in [0.1, 0.15) is 39.0 Å². The fraction of sp³-hybridized carbons (Fsp3) is 0.778. The Hall–Kier alpha value is -0.700. The summed E-state index contributed by atoms with van der Waals surface area (Å²) in [6, 6.07) is 0. The average Bonchev–Trinajstić information content (AvgIpc) is 2.11. The van der Waals surface area contributed by atoms with Gasteiger partial charge in [0.05, 0.1) is 7.11 Å². The highest BCUT2D eigenvalue weighted by atomic mass is 17.1. The number of allylic oxidation sites excluding steroid dienone is 1. The summed E-state index contributed by atoms with van der Waals surface area (Å²) in [4.78, 5) is 3.94. The molecule has 0 radical (unpaired) electrons. The molecule has 0 saturated heterocycles. The lowest BCUT2D eigenvalue weighted by molar-refractivity contribution is -0.240. The Balaban J connectivity index is 3.31. The standard InChI is InChI=1S/C9H18O3/c1-3-4-5-6-7-8-9(11-2)12-10/h8,10H,3-7H2,1-2H3. The van der Waals surface area contributed by atoms with Crippen molar-refractivity contribution in [2.24, 2.45) is 0 Å². The second-order valence-corrected chi connectivity index (χ2v) is 2.67. The SMILES string of the molecule is CCCCCCC=C(OC)OO. The number of hydrogen-bond donors (Lipinski definition) is 1. The van der Waals surface area contributed by atoms with Crippen molar-refractivity contribution in [2.45, 2.75) is 39.0 Å². The van der Waals surface area contributed by atoms with Gasteiger partial charge in [-0.05, 0) is 18.9 Å². The second-order valence-electron chi connectivity index (χ2n) is 2.67. The first-order valence-electron chi connectivity index (χ1n) is 4.40. The highest BCUT2D eigenvalue weighted by Crippen LogP contribution is 2.05. The maximum absolute atomic E-state index is 8.24. The van der Waals surface area contributed by atoms with E-state index in [0.717, 1.165) is 12.8 Å². The van der Waals surface area contributed by atoms with Gasteiger partial charge in [-0.15, -0.1) is 0 Å². The van der Waals surface area contributed by atoms with Crippen LogP contribution in [-0.4, -0.2) is 12.4 Å². The van der Waals surface area contributed by atoms with Crippen LogP contribution in [0, 0.1) is 0 Å². The van der Waals surface area contributed by atoms with E-state index in [1.807, 2.05) is 0 Å². The number of methoxy groups -OCH3 is 1. The van der Waals surface area contributed by atoms with Crippen LogP contribution in [0.5, 0.6) is 0 Å². The Kier molecular flexibility index (Phi) is 7.91. The third-order valence-corrected chi connectivity index (χ3v) is 1.66. The zero-order valence-electron chi connectivity index (χ0n) is 7.88. The van der Waals surface area contributed by atoms with Crippen molar-refractivity contribution in [3.8, 4) is 0 Å². The Bertz CT molecular complexity index is 115. The molecule has 0 aromatic rings. The molecule has 0 aliphatic heterocycles. The first-order chi connectivity index (χ1) is 5.85. The van der Waals surface area contributed by atoms with Crippen molar-refractivity contribution in [2.75, 3.05) is 7.11 Å². The first-order valence-corrected chi connectivity index (χ1v) is 4.40. The van der Waals surface area contributed by atoms with Gasteiger partial charge in [0.1, 0.15) is 0 Å². The van der Waals surface area contributed by atoms with E-state index in [0.29, 0.717) is 0 Å². The minimum atomic E-state index is 0.187. The van der Waals surface area contributed by atoms with Gasteiger partial charge < -0.3 is 9.62 Å². The van der Waals surface area contributed by atoms with Crippen molar-refractivity contribution in [3.05, 3.63) is 12.0 Å². The molecule has 0 fully saturated rings. The van der Waals surface area contributed by atoms with Crippen LogP contribution in [0.25, 0.3) is 0 Å². The van der Waals surface area contributed by atoms with E-state index in [1.165, 1.54) is 26.4 Å². The Morgan fingerprint density at radius 2 is 2.08 bits per heavy atom. The van der Waals surface area contributed by atoms with E-state index in [2.05, 4.69) is 11.8 Å². The first kappa shape index (κ1) is 11.3. The van der Waals surface area contributed by atoms with Gasteiger partial charge in [0, 0.05) is 0 Å². The molecule has 0 amide bonds. The molecule has 0 aromatic carbocycles. The third-order valence-electron chi connectivity index (χ3n) is 1.66. The molecule has 72 valence electrons. The van der Waals surface area contributed by atoms with Crippen LogP contribution < -0.4 is 0 Å². The van der Waals surface area contributed by atoms with Crippen molar-refractivity contribution < 1.29 is 14.9 Å². The van der Waals surface area contributed by atoms with Gasteiger partial charge in [-0.25, -0.2) is 0 Å². The number of hydrogen-bond acceptors (Lipinski definition) is 3. The molecule has 0 bridgehead atoms. The molecule has 3 heteroatoms. The zero-order chi connectivity index (χ0) is 9.23. The summed E-state index contributed by atoms with van der Waals surface area (Å²) < 4.78 is 4.69. The van der Waals surface area contributed by atoms with E-state index in [4.69, 9.17) is 9.99 Å². The van der Waals surface area contributed by atoms with E-state index < -0.39 is 0 Å². The maximum Gasteiger partial charge on any atom is 0.312 e. The highest BCUT2D eigenvalue weighted by Gasteiger charge is 1.93. The number of rotatable bonds is 7. The molecule has 0 rings (SSSR count). The summed E-state index contributed by atoms with van der Waals surface area (Å²) in [6.07, 6.45) is 7.46. The molecule has 0 spiro atoms. The fourth-order valence-electron chi connectivity index (χ4n) is 0.949. The molecule has 12 heavy (non-hydrogen) atoms. The summed E-state index contributed by atoms with van der Waals surface area (Å²) in [5.74, 6) is 0.187. The molecule has 0 unspecified atom stereocenters. The largest absolute Gasteiger partial charge is 0.467 e. The van der Waals surface area contributed by atoms with Crippen LogP contribution in [0.2, 0.25) is 0 Å². The van der Waals surface area contributed by atoms with Gasteiger partial charge in [-0.2, -0.15) is 5.26 Å². The van der Waals surface area contributed by atoms with Crippen molar-refractivity contribution in [1.82, 2.24) is 0 Å². The van der Waals surface area contributed by atoms with Crippen LogP contribution in [0.3, 0.4) is 0 Å². The summed E-state index contributed by atoms with van der Waals surface area (Å²) in [5.41, 5.74) is 0. The molecule has 0 atom stereocenters. The molecular weight excluding hydrogens is 156 g/mol. The predicted molar refractivity (Wildman–Crippen MR) is 47.6 cm³/mol. The third kappa shape index (κ3) is 6.04. The van der Waals surface area contributed by atoms with Gasteiger partial charge in [0.2, 0.25) is 0 Å². The minimum Gasteiger partial charge on any atom is -0.467 e. The minimum absolute atomic E-state index is 0.187. The van der Waals surface area contributed by atoms with E-state index in [9.17, 15) is 0 Å². The highest BCUT2D eigenvalue weighted by molar-refractivity contribution is 4.81. The van der Waals surface area contributed by atoms with Gasteiger partial charge >= 0.3 is 5.95 Å². The summed E-state index contributed by atoms with van der Waals surface area (Å²) in [7, 11) is 1.47. The Labute approximate surface area is 73.9 Å². The normalized spacial score (nSPS) is 11.4. The van der Waals surface area contributed by atoms with Crippen molar-refractivity contribution >= 4 is 0 Å². The summed E-state index contributed by atoms with van der Waals surface area (Å²) in [6.45, 7) is 2.17. The van der Waals surface area contributed by atoms with Crippen LogP contribution in [0.15, 0.2) is 12.0 Å². The smallest absolute Gasteiger partial charge is 0.312 e. The topological polar surface area (TPSA) is 38.7 Å². The monoisotopic (exact) mass is 174 g/mol. The molecule has 0 saturated carbocycles. The molecule has 0 heterocycles. The predicted octanol–water partition coefficient (Wildman–Crippen LogP) is 2.93.